The van der Waals surface area contributed by atoms with E-state index in [9.17, 15) is 14.4 Å². The molecule has 9 nitrogen and oxygen atoms in total. The molecular weight excluding hydrogens is 488 g/mol. The summed E-state index contributed by atoms with van der Waals surface area (Å²) in [4.78, 5) is 36.4. The van der Waals surface area contributed by atoms with Crippen LogP contribution in [-0.2, 0) is 22.5 Å². The van der Waals surface area contributed by atoms with Crippen LogP contribution >= 0.6 is 0 Å². The van der Waals surface area contributed by atoms with Crippen LogP contribution in [0.3, 0.4) is 0 Å². The van der Waals surface area contributed by atoms with Gasteiger partial charge < -0.3 is 29.6 Å². The van der Waals surface area contributed by atoms with E-state index in [1.54, 1.807) is 32.2 Å². The predicted molar refractivity (Wildman–Crippen MR) is 143 cm³/mol. The van der Waals surface area contributed by atoms with E-state index in [-0.39, 0.29) is 30.7 Å². The monoisotopic (exact) mass is 520 g/mol. The number of hydrogen-bond acceptors (Lipinski definition) is 7. The lowest BCUT2D eigenvalue weighted by atomic mass is 10.1. The first-order chi connectivity index (χ1) is 18.4. The quantitative estimate of drug-likeness (QED) is 0.251. The summed E-state index contributed by atoms with van der Waals surface area (Å²) in [5.74, 6) is 1.19. The highest BCUT2D eigenvalue weighted by Gasteiger charge is 2.10. The Morgan fingerprint density at radius 1 is 0.842 bits per heavy atom. The number of nitrogens with one attached hydrogen (secondary N) is 2. The van der Waals surface area contributed by atoms with Gasteiger partial charge in [0.05, 0.1) is 20.3 Å². The Labute approximate surface area is 222 Å². The molecule has 0 aliphatic carbocycles. The lowest BCUT2D eigenvalue weighted by Crippen LogP contribution is -2.22. The molecule has 0 bridgehead atoms. The van der Waals surface area contributed by atoms with Crippen molar-refractivity contribution < 1.29 is 33.3 Å². The van der Waals surface area contributed by atoms with Crippen molar-refractivity contribution in [3.63, 3.8) is 0 Å². The summed E-state index contributed by atoms with van der Waals surface area (Å²) in [7, 11) is 1.59. The second-order valence-corrected chi connectivity index (χ2v) is 8.16. The van der Waals surface area contributed by atoms with Crippen molar-refractivity contribution in [2.24, 2.45) is 0 Å². The van der Waals surface area contributed by atoms with E-state index in [2.05, 4.69) is 10.6 Å². The van der Waals surface area contributed by atoms with Crippen molar-refractivity contribution in [3.8, 4) is 17.2 Å². The zero-order valence-electron chi connectivity index (χ0n) is 21.7. The maximum Gasteiger partial charge on any atom is 0.513 e. The molecule has 38 heavy (non-hydrogen) atoms. The van der Waals surface area contributed by atoms with Crippen molar-refractivity contribution in [1.82, 2.24) is 5.32 Å². The Kier molecular flexibility index (Phi) is 10.5. The summed E-state index contributed by atoms with van der Waals surface area (Å²) >= 11 is 0. The molecule has 0 aromatic heterocycles. The highest BCUT2D eigenvalue weighted by Crippen LogP contribution is 2.28. The number of carbonyl (C=O) groups excluding carboxylic acids is 3. The van der Waals surface area contributed by atoms with Gasteiger partial charge in [-0.15, -0.1) is 0 Å². The van der Waals surface area contributed by atoms with E-state index in [0.29, 0.717) is 42.2 Å². The number of amides is 2. The van der Waals surface area contributed by atoms with Gasteiger partial charge in [-0.2, -0.15) is 0 Å². The number of benzene rings is 3. The highest BCUT2D eigenvalue weighted by atomic mass is 16.7. The van der Waals surface area contributed by atoms with E-state index >= 15 is 0 Å². The molecule has 200 valence electrons. The van der Waals surface area contributed by atoms with Crippen LogP contribution in [-0.4, -0.2) is 38.3 Å². The van der Waals surface area contributed by atoms with Crippen LogP contribution in [0.25, 0.3) is 0 Å². The normalized spacial score (nSPS) is 10.3. The van der Waals surface area contributed by atoms with Crippen LogP contribution in [0, 0.1) is 0 Å². The summed E-state index contributed by atoms with van der Waals surface area (Å²) in [5, 5.41) is 5.74. The molecule has 3 aromatic carbocycles. The van der Waals surface area contributed by atoms with E-state index < -0.39 is 6.16 Å². The molecule has 2 amide bonds. The molecule has 0 unspecified atom stereocenters. The zero-order valence-corrected chi connectivity index (χ0v) is 21.7. The molecule has 0 aliphatic heterocycles. The molecule has 0 fully saturated rings. The molecule has 0 atom stereocenters. The van der Waals surface area contributed by atoms with Gasteiger partial charge in [0.2, 0.25) is 5.91 Å². The third kappa shape index (κ3) is 8.55. The summed E-state index contributed by atoms with van der Waals surface area (Å²) in [6, 6.07) is 19.1. The van der Waals surface area contributed by atoms with Crippen LogP contribution < -0.4 is 24.8 Å². The maximum atomic E-state index is 12.5. The summed E-state index contributed by atoms with van der Waals surface area (Å²) in [5.41, 5.74) is 2.86. The van der Waals surface area contributed by atoms with Crippen molar-refractivity contribution in [2.45, 2.75) is 33.2 Å². The van der Waals surface area contributed by atoms with E-state index in [1.807, 2.05) is 43.3 Å². The molecular formula is C29H32N2O7. The first-order valence-corrected chi connectivity index (χ1v) is 12.3. The van der Waals surface area contributed by atoms with Crippen LogP contribution in [0.5, 0.6) is 17.2 Å². The summed E-state index contributed by atoms with van der Waals surface area (Å²) in [6.07, 6.45) is 0.0511. The Morgan fingerprint density at radius 2 is 1.63 bits per heavy atom. The Bertz CT molecular complexity index is 1240. The third-order valence-corrected chi connectivity index (χ3v) is 5.41. The third-order valence-electron chi connectivity index (χ3n) is 5.41. The molecule has 0 aliphatic rings. The lowest BCUT2D eigenvalue weighted by molar-refractivity contribution is -0.116. The topological polar surface area (TPSA) is 112 Å². The van der Waals surface area contributed by atoms with E-state index in [0.717, 1.165) is 11.1 Å². The fourth-order valence-corrected chi connectivity index (χ4v) is 3.58. The molecule has 0 saturated heterocycles. The SMILES string of the molecule is CCOC(=O)Oc1ccc(C(=O)NCc2cccc(NC(=O)CCc3ccc(OCC)c(OC)c3)c2)cc1. The largest absolute Gasteiger partial charge is 0.513 e. The molecule has 0 spiro atoms. The van der Waals surface area contributed by atoms with Crippen molar-refractivity contribution >= 4 is 23.7 Å². The van der Waals surface area contributed by atoms with Gasteiger partial charge in [0.25, 0.3) is 5.91 Å². The van der Waals surface area contributed by atoms with Crippen molar-refractivity contribution in [3.05, 3.63) is 83.4 Å². The fourth-order valence-electron chi connectivity index (χ4n) is 3.58. The standard InChI is InChI=1S/C29H32N2O7/c1-4-36-25-15-9-20(18-26(25)35-3)10-16-27(32)31-23-8-6-7-21(17-23)19-30-28(33)22-11-13-24(14-12-22)38-29(34)37-5-2/h6-9,11-15,17-18H,4-5,10,16,19H2,1-3H3,(H,30,33)(H,31,32). The lowest BCUT2D eigenvalue weighted by Gasteiger charge is -2.11. The fraction of sp³-hybridized carbons (Fsp3) is 0.276. The van der Waals surface area contributed by atoms with Gasteiger partial charge in [0.1, 0.15) is 5.75 Å². The number of ether oxygens (including phenoxy) is 4. The van der Waals surface area contributed by atoms with E-state index in [1.165, 1.54) is 12.1 Å². The average Bonchev–Trinajstić information content (AvgIpc) is 2.92. The van der Waals surface area contributed by atoms with Gasteiger partial charge >= 0.3 is 6.16 Å². The van der Waals surface area contributed by atoms with Crippen molar-refractivity contribution in [1.29, 1.82) is 0 Å². The number of hydrogen-bond donors (Lipinski definition) is 2. The number of rotatable bonds is 12. The second-order valence-electron chi connectivity index (χ2n) is 8.16. The van der Waals surface area contributed by atoms with Gasteiger partial charge in [-0.1, -0.05) is 18.2 Å². The van der Waals surface area contributed by atoms with E-state index in [4.69, 9.17) is 18.9 Å². The molecule has 0 radical (unpaired) electrons. The predicted octanol–water partition coefficient (Wildman–Crippen LogP) is 5.13. The Morgan fingerprint density at radius 3 is 2.34 bits per heavy atom. The number of anilines is 1. The number of carbonyl (C=O) groups is 3. The highest BCUT2D eigenvalue weighted by molar-refractivity contribution is 5.94. The first-order valence-electron chi connectivity index (χ1n) is 12.3. The molecule has 3 rings (SSSR count). The smallest absolute Gasteiger partial charge is 0.493 e. The number of methoxy groups -OCH3 is 1. The summed E-state index contributed by atoms with van der Waals surface area (Å²) < 4.78 is 20.6. The average molecular weight is 521 g/mol. The second kappa shape index (κ2) is 14.3. The van der Waals surface area contributed by atoms with Crippen LogP contribution in [0.4, 0.5) is 10.5 Å². The van der Waals surface area contributed by atoms with Gasteiger partial charge in [-0.05, 0) is 79.9 Å². The van der Waals surface area contributed by atoms with Crippen LogP contribution in [0.15, 0.2) is 66.7 Å². The van der Waals surface area contributed by atoms with Gasteiger partial charge in [0, 0.05) is 24.2 Å². The van der Waals surface area contributed by atoms with Crippen LogP contribution in [0.1, 0.15) is 41.8 Å². The zero-order chi connectivity index (χ0) is 27.3. The molecule has 2 N–H and O–H groups in total. The minimum atomic E-state index is -0.798. The minimum absolute atomic E-state index is 0.121. The van der Waals surface area contributed by atoms with Crippen LogP contribution in [0.2, 0.25) is 0 Å². The maximum absolute atomic E-state index is 12.5. The first kappa shape index (κ1) is 28.0. The molecule has 3 aromatic rings. The molecule has 0 heterocycles. The minimum Gasteiger partial charge on any atom is -0.493 e. The molecule has 0 saturated carbocycles. The van der Waals surface area contributed by atoms with Gasteiger partial charge in [-0.25, -0.2) is 4.79 Å². The van der Waals surface area contributed by atoms with Gasteiger partial charge in [-0.3, -0.25) is 9.59 Å². The molecule has 9 heteroatoms. The van der Waals surface area contributed by atoms with Crippen molar-refractivity contribution in [2.75, 3.05) is 25.6 Å². The van der Waals surface area contributed by atoms with Gasteiger partial charge in [0.15, 0.2) is 11.5 Å². The Hall–Kier alpha value is -4.53. The summed E-state index contributed by atoms with van der Waals surface area (Å²) in [6.45, 7) is 4.62. The Balaban J connectivity index is 1.49. The number of aryl methyl sites for hydroxylation is 1.